The number of benzene rings is 1. The van der Waals surface area contributed by atoms with Crippen molar-refractivity contribution in [3.05, 3.63) is 41.5 Å². The van der Waals surface area contributed by atoms with Gasteiger partial charge in [0.15, 0.2) is 0 Å². The van der Waals surface area contributed by atoms with Crippen molar-refractivity contribution in [2.75, 3.05) is 11.1 Å². The van der Waals surface area contributed by atoms with Gasteiger partial charge in [-0.1, -0.05) is 19.9 Å². The zero-order valence-electron chi connectivity index (χ0n) is 11.2. The van der Waals surface area contributed by atoms with E-state index in [0.29, 0.717) is 22.9 Å². The molecule has 0 spiro atoms. The standard InChI is InChI=1S/C14H17FN4/c1-8(2)12-13(16)17-7-18-14(12)19-11-6-4-5-10(15)9(11)3/h4-8H,1-3H3,(H3,16,17,18,19). The van der Waals surface area contributed by atoms with E-state index in [2.05, 4.69) is 15.3 Å². The highest BCUT2D eigenvalue weighted by atomic mass is 19.1. The number of rotatable bonds is 3. The first-order chi connectivity index (χ1) is 9.00. The Morgan fingerprint density at radius 1 is 1.26 bits per heavy atom. The van der Waals surface area contributed by atoms with Crippen molar-refractivity contribution in [1.82, 2.24) is 9.97 Å². The summed E-state index contributed by atoms with van der Waals surface area (Å²) in [5.74, 6) is 0.994. The SMILES string of the molecule is Cc1c(F)cccc1Nc1ncnc(N)c1C(C)C. The highest BCUT2D eigenvalue weighted by Gasteiger charge is 2.14. The molecule has 1 aromatic carbocycles. The van der Waals surface area contributed by atoms with Gasteiger partial charge in [0.25, 0.3) is 0 Å². The third kappa shape index (κ3) is 2.65. The molecular weight excluding hydrogens is 243 g/mol. The molecule has 0 aliphatic carbocycles. The maximum absolute atomic E-state index is 13.5. The fourth-order valence-electron chi connectivity index (χ4n) is 1.95. The molecule has 1 aromatic heterocycles. The molecule has 0 radical (unpaired) electrons. The lowest BCUT2D eigenvalue weighted by Gasteiger charge is -2.16. The van der Waals surface area contributed by atoms with Crippen LogP contribution in [0, 0.1) is 12.7 Å². The number of hydrogen-bond donors (Lipinski definition) is 2. The van der Waals surface area contributed by atoms with E-state index in [9.17, 15) is 4.39 Å². The summed E-state index contributed by atoms with van der Waals surface area (Å²) in [6, 6.07) is 4.89. The minimum absolute atomic E-state index is 0.178. The van der Waals surface area contributed by atoms with Crippen LogP contribution in [0.1, 0.15) is 30.9 Å². The molecular formula is C14H17FN4. The number of anilines is 3. The molecule has 0 amide bonds. The second kappa shape index (κ2) is 5.22. The molecule has 1 heterocycles. The fraction of sp³-hybridized carbons (Fsp3) is 0.286. The highest BCUT2D eigenvalue weighted by molar-refractivity contribution is 5.66. The van der Waals surface area contributed by atoms with Crippen LogP contribution in [0.4, 0.5) is 21.7 Å². The van der Waals surface area contributed by atoms with Gasteiger partial charge in [0.05, 0.1) is 0 Å². The predicted octanol–water partition coefficient (Wildman–Crippen LogP) is 3.37. The first kappa shape index (κ1) is 13.3. The van der Waals surface area contributed by atoms with Crippen LogP contribution in [-0.4, -0.2) is 9.97 Å². The summed E-state index contributed by atoms with van der Waals surface area (Å²) in [4.78, 5) is 8.20. The molecule has 0 fully saturated rings. The van der Waals surface area contributed by atoms with Crippen molar-refractivity contribution in [3.63, 3.8) is 0 Å². The number of nitrogens with zero attached hydrogens (tertiary/aromatic N) is 2. The molecule has 2 rings (SSSR count). The van der Waals surface area contributed by atoms with Crippen LogP contribution in [0.25, 0.3) is 0 Å². The summed E-state index contributed by atoms with van der Waals surface area (Å²) >= 11 is 0. The average Bonchev–Trinajstić information content (AvgIpc) is 2.34. The lowest BCUT2D eigenvalue weighted by Crippen LogP contribution is -2.07. The van der Waals surface area contributed by atoms with Gasteiger partial charge in [-0.05, 0) is 25.0 Å². The monoisotopic (exact) mass is 260 g/mol. The van der Waals surface area contributed by atoms with E-state index in [4.69, 9.17) is 5.73 Å². The lowest BCUT2D eigenvalue weighted by molar-refractivity contribution is 0.619. The van der Waals surface area contributed by atoms with Crippen molar-refractivity contribution in [2.45, 2.75) is 26.7 Å². The van der Waals surface area contributed by atoms with Gasteiger partial charge in [-0.15, -0.1) is 0 Å². The molecule has 5 heteroatoms. The Kier molecular flexibility index (Phi) is 3.64. The lowest BCUT2D eigenvalue weighted by atomic mass is 10.0. The Balaban J connectivity index is 2.44. The zero-order chi connectivity index (χ0) is 14.0. The number of nitrogens with two attached hydrogens (primary N) is 1. The Bertz CT molecular complexity index is 596. The van der Waals surface area contributed by atoms with Crippen LogP contribution >= 0.6 is 0 Å². The smallest absolute Gasteiger partial charge is 0.139 e. The van der Waals surface area contributed by atoms with E-state index in [1.165, 1.54) is 12.4 Å². The molecule has 19 heavy (non-hydrogen) atoms. The minimum Gasteiger partial charge on any atom is -0.383 e. The van der Waals surface area contributed by atoms with Gasteiger partial charge in [-0.2, -0.15) is 0 Å². The third-order valence-corrected chi connectivity index (χ3v) is 3.01. The van der Waals surface area contributed by atoms with Crippen molar-refractivity contribution in [1.29, 1.82) is 0 Å². The summed E-state index contributed by atoms with van der Waals surface area (Å²) in [5.41, 5.74) is 7.95. The van der Waals surface area contributed by atoms with Gasteiger partial charge >= 0.3 is 0 Å². The number of halogens is 1. The number of nitrogens with one attached hydrogen (secondary N) is 1. The van der Waals surface area contributed by atoms with Gasteiger partial charge in [0.2, 0.25) is 0 Å². The van der Waals surface area contributed by atoms with Crippen molar-refractivity contribution < 1.29 is 4.39 Å². The normalized spacial score (nSPS) is 10.8. The number of nitrogen functional groups attached to an aromatic ring is 1. The van der Waals surface area contributed by atoms with Crippen LogP contribution in [0.15, 0.2) is 24.5 Å². The van der Waals surface area contributed by atoms with Crippen LogP contribution < -0.4 is 11.1 Å². The maximum Gasteiger partial charge on any atom is 0.139 e. The van der Waals surface area contributed by atoms with Gasteiger partial charge in [-0.3, -0.25) is 0 Å². The first-order valence-corrected chi connectivity index (χ1v) is 6.13. The van der Waals surface area contributed by atoms with E-state index in [1.54, 1.807) is 19.1 Å². The quantitative estimate of drug-likeness (QED) is 0.888. The Morgan fingerprint density at radius 3 is 2.68 bits per heavy atom. The molecule has 0 bridgehead atoms. The molecule has 0 unspecified atom stereocenters. The topological polar surface area (TPSA) is 63.8 Å². The van der Waals surface area contributed by atoms with Crippen LogP contribution in [-0.2, 0) is 0 Å². The molecule has 0 aliphatic rings. The summed E-state index contributed by atoms with van der Waals surface area (Å²) in [6.07, 6.45) is 1.40. The van der Waals surface area contributed by atoms with Crippen molar-refractivity contribution in [2.24, 2.45) is 0 Å². The van der Waals surface area contributed by atoms with Gasteiger partial charge in [0.1, 0.15) is 23.8 Å². The third-order valence-electron chi connectivity index (χ3n) is 3.01. The Morgan fingerprint density at radius 2 is 2.00 bits per heavy atom. The highest BCUT2D eigenvalue weighted by Crippen LogP contribution is 2.30. The van der Waals surface area contributed by atoms with E-state index < -0.39 is 0 Å². The first-order valence-electron chi connectivity index (χ1n) is 6.13. The molecule has 0 saturated carbocycles. The molecule has 0 atom stereocenters. The van der Waals surface area contributed by atoms with E-state index >= 15 is 0 Å². The van der Waals surface area contributed by atoms with Crippen LogP contribution in [0.3, 0.4) is 0 Å². The summed E-state index contributed by atoms with van der Waals surface area (Å²) in [5, 5.41) is 3.13. The second-order valence-electron chi connectivity index (χ2n) is 4.71. The molecule has 0 aliphatic heterocycles. The maximum atomic E-state index is 13.5. The van der Waals surface area contributed by atoms with E-state index in [1.807, 2.05) is 13.8 Å². The number of hydrogen-bond acceptors (Lipinski definition) is 4. The zero-order valence-corrected chi connectivity index (χ0v) is 11.2. The molecule has 0 saturated heterocycles. The molecule has 100 valence electrons. The Hall–Kier alpha value is -2.17. The van der Waals surface area contributed by atoms with Gasteiger partial charge in [-0.25, -0.2) is 14.4 Å². The van der Waals surface area contributed by atoms with E-state index in [0.717, 1.165) is 5.56 Å². The largest absolute Gasteiger partial charge is 0.383 e. The fourth-order valence-corrected chi connectivity index (χ4v) is 1.95. The molecule has 3 N–H and O–H groups in total. The van der Waals surface area contributed by atoms with Gasteiger partial charge < -0.3 is 11.1 Å². The van der Waals surface area contributed by atoms with Crippen LogP contribution in [0.5, 0.6) is 0 Å². The predicted molar refractivity (Wildman–Crippen MR) is 75.0 cm³/mol. The van der Waals surface area contributed by atoms with Crippen LogP contribution in [0.2, 0.25) is 0 Å². The summed E-state index contributed by atoms with van der Waals surface area (Å²) in [7, 11) is 0. The van der Waals surface area contributed by atoms with Crippen molar-refractivity contribution in [3.8, 4) is 0 Å². The summed E-state index contributed by atoms with van der Waals surface area (Å²) in [6.45, 7) is 5.74. The minimum atomic E-state index is -0.252. The average molecular weight is 260 g/mol. The number of aromatic nitrogens is 2. The van der Waals surface area contributed by atoms with Crippen molar-refractivity contribution >= 4 is 17.3 Å². The molecule has 2 aromatic rings. The summed E-state index contributed by atoms with van der Waals surface area (Å²) < 4.78 is 13.5. The Labute approximate surface area is 111 Å². The van der Waals surface area contributed by atoms with Gasteiger partial charge in [0, 0.05) is 16.8 Å². The second-order valence-corrected chi connectivity index (χ2v) is 4.71. The molecule has 4 nitrogen and oxygen atoms in total. The van der Waals surface area contributed by atoms with E-state index in [-0.39, 0.29) is 11.7 Å².